The summed E-state index contributed by atoms with van der Waals surface area (Å²) in [6.07, 6.45) is 0.198. The number of likely N-dealkylation sites (tertiary alicyclic amines) is 1. The molecule has 2 N–H and O–H groups in total. The zero-order valence-electron chi connectivity index (χ0n) is 20.3. The second-order valence-electron chi connectivity index (χ2n) is 9.60. The number of β-amino-alcohol motifs (C(OH)–C–C–N with tert-alkyl or cyclic N) is 1. The van der Waals surface area contributed by atoms with E-state index in [1.165, 1.54) is 37.7 Å². The van der Waals surface area contributed by atoms with Gasteiger partial charge in [0.1, 0.15) is 6.26 Å². The van der Waals surface area contributed by atoms with E-state index in [2.05, 4.69) is 25.0 Å². The summed E-state index contributed by atoms with van der Waals surface area (Å²) >= 11 is 0. The molecule has 2 saturated heterocycles. The van der Waals surface area contributed by atoms with E-state index in [9.17, 15) is 23.1 Å². The molecule has 0 radical (unpaired) electrons. The highest BCUT2D eigenvalue weighted by molar-refractivity contribution is 5.91. The van der Waals surface area contributed by atoms with E-state index in [1.54, 1.807) is 0 Å². The molecule has 1 atom stereocenters. The SMILES string of the molecule is O=C(NCc1cccc(C(F)(F)F)c1)c1coc(CN2CCN(C[C@@H](O)CN3CCCCC3)CC2)n1. The van der Waals surface area contributed by atoms with E-state index in [0.717, 1.165) is 57.9 Å². The number of halogens is 3. The van der Waals surface area contributed by atoms with Gasteiger partial charge in [-0.05, 0) is 43.6 Å². The van der Waals surface area contributed by atoms with Crippen molar-refractivity contribution in [1.29, 1.82) is 0 Å². The first-order valence-corrected chi connectivity index (χ1v) is 12.5. The van der Waals surface area contributed by atoms with Gasteiger partial charge in [-0.15, -0.1) is 0 Å². The molecule has 4 rings (SSSR count). The van der Waals surface area contributed by atoms with Gasteiger partial charge < -0.3 is 19.7 Å². The maximum absolute atomic E-state index is 12.9. The first-order chi connectivity index (χ1) is 17.3. The molecule has 2 aliphatic heterocycles. The monoisotopic (exact) mass is 509 g/mol. The predicted molar refractivity (Wildman–Crippen MR) is 127 cm³/mol. The second-order valence-corrected chi connectivity index (χ2v) is 9.60. The summed E-state index contributed by atoms with van der Waals surface area (Å²) in [5.41, 5.74) is -0.313. The molecule has 0 unspecified atom stereocenters. The molecule has 198 valence electrons. The summed E-state index contributed by atoms with van der Waals surface area (Å²) in [4.78, 5) is 23.4. The Hall–Kier alpha value is -2.47. The van der Waals surface area contributed by atoms with Crippen molar-refractivity contribution in [3.8, 4) is 0 Å². The van der Waals surface area contributed by atoms with Crippen LogP contribution in [-0.2, 0) is 19.3 Å². The van der Waals surface area contributed by atoms with Crippen molar-refractivity contribution >= 4 is 5.91 Å². The number of aromatic nitrogens is 1. The fourth-order valence-corrected chi connectivity index (χ4v) is 4.74. The van der Waals surface area contributed by atoms with Crippen LogP contribution in [0.5, 0.6) is 0 Å². The standard InChI is InChI=1S/C25H34F3N5O3/c26-25(27,28)20-6-4-5-19(13-20)14-29-24(35)22-18-36-23(30-22)17-33-11-9-32(10-12-33)16-21(34)15-31-7-2-1-3-8-31/h4-6,13,18,21,34H,1-3,7-12,14-17H2,(H,29,35)/t21-/m0/s1. The highest BCUT2D eigenvalue weighted by Crippen LogP contribution is 2.29. The number of hydrogen-bond acceptors (Lipinski definition) is 7. The van der Waals surface area contributed by atoms with Crippen molar-refractivity contribution in [3.63, 3.8) is 0 Å². The molecule has 2 aromatic rings. The van der Waals surface area contributed by atoms with Crippen LogP contribution in [0.1, 0.15) is 46.8 Å². The van der Waals surface area contributed by atoms with Crippen molar-refractivity contribution in [2.75, 3.05) is 52.4 Å². The van der Waals surface area contributed by atoms with E-state index in [1.807, 2.05) is 0 Å². The zero-order valence-corrected chi connectivity index (χ0v) is 20.3. The molecule has 3 heterocycles. The summed E-state index contributed by atoms with van der Waals surface area (Å²) in [5.74, 6) is -0.0901. The molecular weight excluding hydrogens is 475 g/mol. The van der Waals surface area contributed by atoms with E-state index >= 15 is 0 Å². The Morgan fingerprint density at radius 2 is 1.69 bits per heavy atom. The topological polar surface area (TPSA) is 85.1 Å². The molecule has 8 nitrogen and oxygen atoms in total. The minimum atomic E-state index is -4.43. The maximum atomic E-state index is 12.9. The first-order valence-electron chi connectivity index (χ1n) is 12.5. The molecule has 1 aromatic heterocycles. The Balaban J connectivity index is 1.18. The Kier molecular flexibility index (Phi) is 9.00. The molecule has 0 spiro atoms. The predicted octanol–water partition coefficient (Wildman–Crippen LogP) is 2.59. The van der Waals surface area contributed by atoms with Gasteiger partial charge in [-0.25, -0.2) is 4.98 Å². The van der Waals surface area contributed by atoms with Crippen LogP contribution in [0.25, 0.3) is 0 Å². The van der Waals surface area contributed by atoms with Crippen LogP contribution in [0.3, 0.4) is 0 Å². The number of hydrogen-bond donors (Lipinski definition) is 2. The van der Waals surface area contributed by atoms with E-state index < -0.39 is 17.6 Å². The lowest BCUT2D eigenvalue weighted by Gasteiger charge is -2.36. The van der Waals surface area contributed by atoms with Crippen LogP contribution in [0.15, 0.2) is 34.9 Å². The van der Waals surface area contributed by atoms with Crippen LogP contribution < -0.4 is 5.32 Å². The number of piperidine rings is 1. The van der Waals surface area contributed by atoms with Crippen molar-refractivity contribution in [2.45, 2.75) is 44.6 Å². The maximum Gasteiger partial charge on any atom is 0.416 e. The third kappa shape index (κ3) is 7.76. The zero-order chi connectivity index (χ0) is 25.5. The number of nitrogens with one attached hydrogen (secondary N) is 1. The molecular formula is C25H34F3N5O3. The van der Waals surface area contributed by atoms with Gasteiger partial charge in [-0.3, -0.25) is 14.6 Å². The quantitative estimate of drug-likeness (QED) is 0.538. The van der Waals surface area contributed by atoms with E-state index in [4.69, 9.17) is 4.42 Å². The summed E-state index contributed by atoms with van der Waals surface area (Å²) < 4.78 is 44.0. The average molecular weight is 510 g/mol. The van der Waals surface area contributed by atoms with Gasteiger partial charge in [0.15, 0.2) is 5.69 Å². The molecule has 0 aliphatic carbocycles. The van der Waals surface area contributed by atoms with Crippen molar-refractivity contribution < 1.29 is 27.5 Å². The summed E-state index contributed by atoms with van der Waals surface area (Å²) in [6, 6.07) is 4.84. The lowest BCUT2D eigenvalue weighted by atomic mass is 10.1. The van der Waals surface area contributed by atoms with Crippen LogP contribution in [0.2, 0.25) is 0 Å². The number of amides is 1. The minimum absolute atomic E-state index is 0.0451. The van der Waals surface area contributed by atoms with E-state index in [-0.39, 0.29) is 18.3 Å². The number of aliphatic hydroxyl groups is 1. The number of piperazine rings is 1. The van der Waals surface area contributed by atoms with Gasteiger partial charge in [-0.2, -0.15) is 13.2 Å². The fraction of sp³-hybridized carbons (Fsp3) is 0.600. The van der Waals surface area contributed by atoms with Crippen molar-refractivity contribution in [3.05, 3.63) is 53.2 Å². The normalized spacial score (nSPS) is 19.3. The molecule has 11 heteroatoms. The average Bonchev–Trinajstić information content (AvgIpc) is 3.32. The van der Waals surface area contributed by atoms with Crippen LogP contribution >= 0.6 is 0 Å². The number of rotatable bonds is 9. The summed E-state index contributed by atoms with van der Waals surface area (Å²) in [5, 5.41) is 13.1. The molecule has 1 amide bonds. The third-order valence-electron chi connectivity index (χ3n) is 6.70. The molecule has 36 heavy (non-hydrogen) atoms. The van der Waals surface area contributed by atoms with Gasteiger partial charge in [0.2, 0.25) is 5.89 Å². The van der Waals surface area contributed by atoms with Crippen molar-refractivity contribution in [2.24, 2.45) is 0 Å². The minimum Gasteiger partial charge on any atom is -0.447 e. The lowest BCUT2D eigenvalue weighted by molar-refractivity contribution is -0.137. The molecule has 2 aliphatic rings. The largest absolute Gasteiger partial charge is 0.447 e. The van der Waals surface area contributed by atoms with Crippen LogP contribution in [-0.4, -0.2) is 89.2 Å². The Labute approximate surface area is 209 Å². The summed E-state index contributed by atoms with van der Waals surface area (Å²) in [7, 11) is 0. The van der Waals surface area contributed by atoms with Gasteiger partial charge >= 0.3 is 6.18 Å². The number of carbonyl (C=O) groups excluding carboxylic acids is 1. The lowest BCUT2D eigenvalue weighted by Crippen LogP contribution is -2.50. The Morgan fingerprint density at radius 3 is 2.39 bits per heavy atom. The number of alkyl halides is 3. The Morgan fingerprint density at radius 1 is 1.03 bits per heavy atom. The molecule has 0 bridgehead atoms. The van der Waals surface area contributed by atoms with Gasteiger partial charge in [0.25, 0.3) is 5.91 Å². The second kappa shape index (κ2) is 12.2. The molecule has 2 fully saturated rings. The number of nitrogens with zero attached hydrogens (tertiary/aromatic N) is 4. The van der Waals surface area contributed by atoms with Crippen molar-refractivity contribution in [1.82, 2.24) is 25.0 Å². The van der Waals surface area contributed by atoms with Gasteiger partial charge in [0, 0.05) is 45.8 Å². The highest BCUT2D eigenvalue weighted by atomic mass is 19.4. The molecule has 1 aromatic carbocycles. The van der Waals surface area contributed by atoms with Crippen LogP contribution in [0.4, 0.5) is 13.2 Å². The first kappa shape index (κ1) is 26.6. The van der Waals surface area contributed by atoms with E-state index in [0.29, 0.717) is 24.5 Å². The van der Waals surface area contributed by atoms with Gasteiger partial charge in [-0.1, -0.05) is 18.6 Å². The number of carbonyl (C=O) groups is 1. The van der Waals surface area contributed by atoms with Gasteiger partial charge in [0.05, 0.1) is 18.2 Å². The number of aliphatic hydroxyl groups excluding tert-OH is 1. The Bertz CT molecular complexity index is 985. The third-order valence-corrected chi connectivity index (χ3v) is 6.70. The molecule has 0 saturated carbocycles. The highest BCUT2D eigenvalue weighted by Gasteiger charge is 2.30. The van der Waals surface area contributed by atoms with Crippen LogP contribution in [0, 0.1) is 0 Å². The smallest absolute Gasteiger partial charge is 0.416 e. The number of benzene rings is 1. The fourth-order valence-electron chi connectivity index (χ4n) is 4.74. The summed E-state index contributed by atoms with van der Waals surface area (Å²) in [6.45, 7) is 7.24. The number of oxazole rings is 1.